The highest BCUT2D eigenvalue weighted by Crippen LogP contribution is 2.31. The minimum atomic E-state index is -4.35. The standard InChI is InChI=1S/C6H2BrClFNO4S/c7-3-1-5(10(11)12)6(2-4(3)9)15(8,13)14/h1-2H. The summed E-state index contributed by atoms with van der Waals surface area (Å²) >= 11 is 2.70. The Morgan fingerprint density at radius 1 is 1.47 bits per heavy atom. The van der Waals surface area contributed by atoms with Crippen molar-refractivity contribution in [2.75, 3.05) is 0 Å². The smallest absolute Gasteiger partial charge is 0.258 e. The predicted octanol–water partition coefficient (Wildman–Crippen LogP) is 2.42. The molecule has 0 atom stereocenters. The fourth-order valence-corrected chi connectivity index (χ4v) is 2.19. The lowest BCUT2D eigenvalue weighted by atomic mass is 10.3. The number of nitrogens with zero attached hydrogens (tertiary/aromatic N) is 1. The third kappa shape index (κ3) is 2.64. The summed E-state index contributed by atoms with van der Waals surface area (Å²) in [5.41, 5.74) is -0.779. The van der Waals surface area contributed by atoms with Gasteiger partial charge in [0.1, 0.15) is 5.82 Å². The summed E-state index contributed by atoms with van der Waals surface area (Å²) in [5.74, 6) is -0.945. The van der Waals surface area contributed by atoms with E-state index in [1.807, 2.05) is 0 Å². The van der Waals surface area contributed by atoms with Crippen LogP contribution in [0.15, 0.2) is 21.5 Å². The highest BCUT2D eigenvalue weighted by atomic mass is 79.9. The number of benzene rings is 1. The second kappa shape index (κ2) is 4.03. The zero-order valence-corrected chi connectivity index (χ0v) is 9.94. The van der Waals surface area contributed by atoms with Crippen LogP contribution >= 0.6 is 26.6 Å². The molecule has 0 bridgehead atoms. The highest BCUT2D eigenvalue weighted by Gasteiger charge is 2.26. The lowest BCUT2D eigenvalue weighted by molar-refractivity contribution is -0.387. The number of nitro benzene ring substituents is 1. The van der Waals surface area contributed by atoms with Gasteiger partial charge in [-0.2, -0.15) is 0 Å². The van der Waals surface area contributed by atoms with Gasteiger partial charge in [0.25, 0.3) is 14.7 Å². The number of halogens is 3. The highest BCUT2D eigenvalue weighted by molar-refractivity contribution is 9.10. The van der Waals surface area contributed by atoms with Crippen molar-refractivity contribution >= 4 is 41.4 Å². The van der Waals surface area contributed by atoms with Crippen LogP contribution in [0.5, 0.6) is 0 Å². The molecule has 0 unspecified atom stereocenters. The van der Waals surface area contributed by atoms with Crippen molar-refractivity contribution in [2.24, 2.45) is 0 Å². The monoisotopic (exact) mass is 317 g/mol. The SMILES string of the molecule is O=[N+]([O-])c1cc(Br)c(F)cc1S(=O)(=O)Cl. The molecule has 0 saturated carbocycles. The topological polar surface area (TPSA) is 77.3 Å². The first kappa shape index (κ1) is 12.3. The van der Waals surface area contributed by atoms with E-state index in [4.69, 9.17) is 10.7 Å². The van der Waals surface area contributed by atoms with Gasteiger partial charge in [-0.1, -0.05) is 0 Å². The molecule has 0 aliphatic rings. The molecule has 0 aliphatic heterocycles. The van der Waals surface area contributed by atoms with Gasteiger partial charge in [-0.3, -0.25) is 10.1 Å². The second-order valence-corrected chi connectivity index (χ2v) is 5.82. The van der Waals surface area contributed by atoms with Crippen LogP contribution in [0.25, 0.3) is 0 Å². The molecule has 0 aliphatic carbocycles. The van der Waals surface area contributed by atoms with Gasteiger partial charge in [0, 0.05) is 22.8 Å². The van der Waals surface area contributed by atoms with Crippen LogP contribution in [0.2, 0.25) is 0 Å². The quantitative estimate of drug-likeness (QED) is 0.476. The first-order valence-electron chi connectivity index (χ1n) is 3.31. The van der Waals surface area contributed by atoms with Gasteiger partial charge in [-0.25, -0.2) is 12.8 Å². The van der Waals surface area contributed by atoms with E-state index in [9.17, 15) is 22.9 Å². The van der Waals surface area contributed by atoms with Crippen molar-refractivity contribution in [1.82, 2.24) is 0 Å². The second-order valence-electron chi connectivity index (χ2n) is 2.43. The average Bonchev–Trinajstić information content (AvgIpc) is 2.06. The summed E-state index contributed by atoms with van der Waals surface area (Å²) in [6.45, 7) is 0. The molecule has 82 valence electrons. The van der Waals surface area contributed by atoms with Crippen LogP contribution in [0.3, 0.4) is 0 Å². The third-order valence-electron chi connectivity index (χ3n) is 1.46. The maximum Gasteiger partial charge on any atom is 0.290 e. The minimum Gasteiger partial charge on any atom is -0.258 e. The summed E-state index contributed by atoms with van der Waals surface area (Å²) in [6.07, 6.45) is 0. The zero-order valence-electron chi connectivity index (χ0n) is 6.78. The minimum absolute atomic E-state index is 0.210. The van der Waals surface area contributed by atoms with E-state index >= 15 is 0 Å². The first-order chi connectivity index (χ1) is 6.73. The molecule has 0 fully saturated rings. The van der Waals surface area contributed by atoms with Gasteiger partial charge in [-0.05, 0) is 15.9 Å². The molecular weight excluding hydrogens is 316 g/mol. The zero-order chi connectivity index (χ0) is 11.8. The number of rotatable bonds is 2. The summed E-state index contributed by atoms with van der Waals surface area (Å²) in [4.78, 5) is 8.65. The lowest BCUT2D eigenvalue weighted by Crippen LogP contribution is -2.00. The predicted molar refractivity (Wildman–Crippen MR) is 53.8 cm³/mol. The van der Waals surface area contributed by atoms with E-state index in [1.165, 1.54) is 0 Å². The molecule has 9 heteroatoms. The summed E-state index contributed by atoms with van der Waals surface area (Å²) in [6, 6.07) is 1.23. The van der Waals surface area contributed by atoms with Crippen molar-refractivity contribution in [1.29, 1.82) is 0 Å². The normalized spacial score (nSPS) is 11.4. The van der Waals surface area contributed by atoms with Crippen LogP contribution in [-0.4, -0.2) is 13.3 Å². The number of hydrogen-bond donors (Lipinski definition) is 0. The fraction of sp³-hybridized carbons (Fsp3) is 0. The van der Waals surface area contributed by atoms with Gasteiger partial charge in [0.15, 0.2) is 4.90 Å². The van der Waals surface area contributed by atoms with Gasteiger partial charge in [0.2, 0.25) is 0 Å². The van der Waals surface area contributed by atoms with Gasteiger partial charge < -0.3 is 0 Å². The van der Waals surface area contributed by atoms with Crippen LogP contribution in [-0.2, 0) is 9.05 Å². The Bertz CT molecular complexity index is 532. The van der Waals surface area contributed by atoms with E-state index in [1.54, 1.807) is 0 Å². The van der Waals surface area contributed by atoms with Crippen molar-refractivity contribution in [3.8, 4) is 0 Å². The van der Waals surface area contributed by atoms with Gasteiger partial charge in [0.05, 0.1) is 9.40 Å². The molecule has 15 heavy (non-hydrogen) atoms. The Morgan fingerprint density at radius 3 is 2.40 bits per heavy atom. The van der Waals surface area contributed by atoms with Crippen molar-refractivity contribution < 1.29 is 17.7 Å². The van der Waals surface area contributed by atoms with Gasteiger partial charge >= 0.3 is 0 Å². The lowest BCUT2D eigenvalue weighted by Gasteiger charge is -2.00. The van der Waals surface area contributed by atoms with Crippen LogP contribution in [0.1, 0.15) is 0 Å². The largest absolute Gasteiger partial charge is 0.290 e. The molecule has 0 spiro atoms. The summed E-state index contributed by atoms with van der Waals surface area (Å²) in [5, 5.41) is 10.5. The molecule has 5 nitrogen and oxygen atoms in total. The van der Waals surface area contributed by atoms with E-state index in [0.717, 1.165) is 6.07 Å². The Labute approximate surface area is 96.5 Å². The molecule has 0 heterocycles. The van der Waals surface area contributed by atoms with E-state index in [0.29, 0.717) is 6.07 Å². The molecule has 0 radical (unpaired) electrons. The Morgan fingerprint density at radius 2 is 2.00 bits per heavy atom. The molecule has 1 aromatic carbocycles. The Kier molecular flexibility index (Phi) is 3.31. The van der Waals surface area contributed by atoms with Crippen LogP contribution in [0.4, 0.5) is 10.1 Å². The number of nitro groups is 1. The fourth-order valence-electron chi connectivity index (χ4n) is 0.856. The van der Waals surface area contributed by atoms with Crippen molar-refractivity contribution in [3.63, 3.8) is 0 Å². The van der Waals surface area contributed by atoms with E-state index in [-0.39, 0.29) is 4.47 Å². The molecule has 1 rings (SSSR count). The maximum atomic E-state index is 13.0. The third-order valence-corrected chi connectivity index (χ3v) is 3.42. The molecule has 0 amide bonds. The van der Waals surface area contributed by atoms with Crippen LogP contribution < -0.4 is 0 Å². The maximum absolute atomic E-state index is 13.0. The van der Waals surface area contributed by atoms with E-state index in [2.05, 4.69) is 15.9 Å². The molecule has 0 N–H and O–H groups in total. The Hall–Kier alpha value is -0.730. The molecule has 0 aromatic heterocycles. The van der Waals surface area contributed by atoms with Crippen molar-refractivity contribution in [3.05, 3.63) is 32.5 Å². The van der Waals surface area contributed by atoms with Crippen LogP contribution in [0, 0.1) is 15.9 Å². The summed E-state index contributed by atoms with van der Waals surface area (Å²) in [7, 11) is 0.570. The number of hydrogen-bond acceptors (Lipinski definition) is 4. The van der Waals surface area contributed by atoms with E-state index < -0.39 is 30.4 Å². The average molecular weight is 319 g/mol. The molecule has 1 aromatic rings. The Balaban J connectivity index is 3.64. The molecular formula is C6H2BrClFNO4S. The first-order valence-corrected chi connectivity index (χ1v) is 6.42. The molecule has 0 saturated heterocycles. The summed E-state index contributed by atoms with van der Waals surface area (Å²) < 4.78 is 34.6. The van der Waals surface area contributed by atoms with Crippen molar-refractivity contribution in [2.45, 2.75) is 4.90 Å². The van der Waals surface area contributed by atoms with Gasteiger partial charge in [-0.15, -0.1) is 0 Å².